The highest BCUT2D eigenvalue weighted by Crippen LogP contribution is 2.28. The van der Waals surface area contributed by atoms with Gasteiger partial charge in [-0.2, -0.15) is 0 Å². The molecule has 3 rings (SSSR count). The maximum Gasteiger partial charge on any atom is 0.337 e. The molecule has 0 amide bonds. The monoisotopic (exact) mass is 694 g/mol. The number of carbonyl (C=O) groups excluding carboxylic acids is 3. The lowest BCUT2D eigenvalue weighted by molar-refractivity contribution is -0.141. The lowest BCUT2D eigenvalue weighted by Gasteiger charge is -2.27. The molecule has 8 nitrogen and oxygen atoms in total. The van der Waals surface area contributed by atoms with Crippen molar-refractivity contribution in [3.05, 3.63) is 72.3 Å². The Balaban J connectivity index is 0.000000351. The number of methoxy groups -OCH3 is 1. The average Bonchev–Trinajstić information content (AvgIpc) is 3.14. The van der Waals surface area contributed by atoms with E-state index in [4.69, 9.17) is 18.9 Å². The Kier molecular flexibility index (Phi) is 23.1. The van der Waals surface area contributed by atoms with Crippen LogP contribution in [-0.4, -0.2) is 50.9 Å². The molecule has 0 unspecified atom stereocenters. The highest BCUT2D eigenvalue weighted by molar-refractivity contribution is 5.89. The standard InChI is InChI=1S/C22H32O5.C20H30O3/c1-3-21(23)27-18-12-10-8-6-4-5-7-9-11-17-26-20-15-13-19(14-16-20)22(24)25-2;1-3-4-5-6-15-22-18-13-9-17(10-14-18)20(21)23-19-11-7-16(2)8-12-19/h3,13-16H,1,4-12,17-18H2,2H3;7-8,11-12,17-18H,3-6,9-10,13-15H2,1-2H3. The molecular formula is C42H62O8. The molecule has 1 fully saturated rings. The zero-order valence-corrected chi connectivity index (χ0v) is 31.0. The van der Waals surface area contributed by atoms with Crippen LogP contribution in [0.5, 0.6) is 11.5 Å². The second-order valence-electron chi connectivity index (χ2n) is 13.1. The molecule has 2 aromatic carbocycles. The SMILES string of the molecule is C=CC(=O)OCCCCCCCCCCCOc1ccc(C(=O)OC)cc1.CCCCCCOC1CCC(C(=O)Oc2ccc(C)cc2)CC1. The zero-order valence-electron chi connectivity index (χ0n) is 31.0. The molecular weight excluding hydrogens is 632 g/mol. The molecule has 50 heavy (non-hydrogen) atoms. The van der Waals surface area contributed by atoms with E-state index in [-0.39, 0.29) is 23.8 Å². The third-order valence-electron chi connectivity index (χ3n) is 8.84. The molecule has 0 aromatic heterocycles. The van der Waals surface area contributed by atoms with E-state index in [0.29, 0.717) is 30.6 Å². The van der Waals surface area contributed by atoms with Crippen molar-refractivity contribution in [2.45, 2.75) is 129 Å². The number of hydrogen-bond donors (Lipinski definition) is 0. The minimum absolute atomic E-state index is 0.0243. The Bertz CT molecular complexity index is 1200. The summed E-state index contributed by atoms with van der Waals surface area (Å²) in [5.74, 6) is 0.692. The molecule has 0 atom stereocenters. The van der Waals surface area contributed by atoms with Gasteiger partial charge in [0.1, 0.15) is 11.5 Å². The summed E-state index contributed by atoms with van der Waals surface area (Å²) in [6.07, 6.45) is 20.6. The lowest BCUT2D eigenvalue weighted by atomic mass is 9.87. The van der Waals surface area contributed by atoms with Gasteiger partial charge in [-0.05, 0) is 88.3 Å². The number of esters is 3. The predicted octanol–water partition coefficient (Wildman–Crippen LogP) is 10.1. The number of ether oxygens (including phenoxy) is 5. The van der Waals surface area contributed by atoms with E-state index in [1.165, 1.54) is 70.1 Å². The fourth-order valence-corrected chi connectivity index (χ4v) is 5.72. The largest absolute Gasteiger partial charge is 0.494 e. The van der Waals surface area contributed by atoms with Crippen LogP contribution in [0.2, 0.25) is 0 Å². The van der Waals surface area contributed by atoms with Crippen molar-refractivity contribution >= 4 is 17.9 Å². The van der Waals surface area contributed by atoms with Crippen LogP contribution in [0.25, 0.3) is 0 Å². The van der Waals surface area contributed by atoms with Gasteiger partial charge < -0.3 is 23.7 Å². The van der Waals surface area contributed by atoms with Gasteiger partial charge in [-0.15, -0.1) is 0 Å². The van der Waals surface area contributed by atoms with Crippen LogP contribution in [0.3, 0.4) is 0 Å². The second-order valence-corrected chi connectivity index (χ2v) is 13.1. The summed E-state index contributed by atoms with van der Waals surface area (Å²) in [6, 6.07) is 14.7. The van der Waals surface area contributed by atoms with Crippen LogP contribution in [0.1, 0.15) is 132 Å². The third kappa shape index (κ3) is 19.5. The number of benzene rings is 2. The number of aryl methyl sites for hydroxylation is 1. The van der Waals surface area contributed by atoms with Gasteiger partial charge in [0.25, 0.3) is 0 Å². The minimum Gasteiger partial charge on any atom is -0.494 e. The third-order valence-corrected chi connectivity index (χ3v) is 8.84. The topological polar surface area (TPSA) is 97.4 Å². The summed E-state index contributed by atoms with van der Waals surface area (Å²) in [4.78, 5) is 34.4. The predicted molar refractivity (Wildman–Crippen MR) is 199 cm³/mol. The number of rotatable bonds is 23. The van der Waals surface area contributed by atoms with Crippen LogP contribution in [0.4, 0.5) is 0 Å². The Hall–Kier alpha value is -3.65. The minimum atomic E-state index is -0.336. The van der Waals surface area contributed by atoms with E-state index in [1.54, 1.807) is 24.3 Å². The van der Waals surface area contributed by atoms with Crippen LogP contribution < -0.4 is 9.47 Å². The number of hydrogen-bond acceptors (Lipinski definition) is 8. The first-order valence-corrected chi connectivity index (χ1v) is 18.9. The molecule has 0 N–H and O–H groups in total. The maximum atomic E-state index is 12.2. The molecule has 1 aliphatic carbocycles. The average molecular weight is 695 g/mol. The Morgan fingerprint density at radius 3 is 1.82 bits per heavy atom. The quantitative estimate of drug-likeness (QED) is 0.0491. The van der Waals surface area contributed by atoms with Crippen LogP contribution in [0, 0.1) is 12.8 Å². The molecule has 0 radical (unpaired) electrons. The van der Waals surface area contributed by atoms with Gasteiger partial charge in [-0.1, -0.05) is 95.4 Å². The van der Waals surface area contributed by atoms with E-state index in [2.05, 4.69) is 18.2 Å². The number of carbonyl (C=O) groups is 3. The summed E-state index contributed by atoms with van der Waals surface area (Å²) < 4.78 is 26.7. The Morgan fingerprint density at radius 2 is 1.24 bits per heavy atom. The highest BCUT2D eigenvalue weighted by atomic mass is 16.5. The van der Waals surface area contributed by atoms with Crippen LogP contribution in [0.15, 0.2) is 61.2 Å². The first-order chi connectivity index (χ1) is 24.4. The molecule has 2 aromatic rings. The maximum absolute atomic E-state index is 12.2. The van der Waals surface area contributed by atoms with E-state index in [1.807, 2.05) is 31.2 Å². The van der Waals surface area contributed by atoms with Crippen molar-refractivity contribution in [3.8, 4) is 11.5 Å². The summed E-state index contributed by atoms with van der Waals surface area (Å²) in [6.45, 7) is 9.66. The van der Waals surface area contributed by atoms with Gasteiger partial charge in [0.15, 0.2) is 0 Å². The van der Waals surface area contributed by atoms with Gasteiger partial charge in [0.05, 0.1) is 37.9 Å². The van der Waals surface area contributed by atoms with Crippen molar-refractivity contribution in [1.29, 1.82) is 0 Å². The van der Waals surface area contributed by atoms with E-state index in [0.717, 1.165) is 70.1 Å². The van der Waals surface area contributed by atoms with Gasteiger partial charge >= 0.3 is 17.9 Å². The number of unbranched alkanes of at least 4 members (excludes halogenated alkanes) is 11. The van der Waals surface area contributed by atoms with Gasteiger partial charge in [0.2, 0.25) is 0 Å². The fourth-order valence-electron chi connectivity index (χ4n) is 5.72. The molecule has 0 bridgehead atoms. The smallest absolute Gasteiger partial charge is 0.337 e. The van der Waals surface area contributed by atoms with Crippen molar-refractivity contribution in [3.63, 3.8) is 0 Å². The molecule has 278 valence electrons. The van der Waals surface area contributed by atoms with Gasteiger partial charge in [-0.3, -0.25) is 4.79 Å². The molecule has 0 spiro atoms. The highest BCUT2D eigenvalue weighted by Gasteiger charge is 2.28. The first kappa shape index (κ1) is 42.5. The van der Waals surface area contributed by atoms with E-state index < -0.39 is 0 Å². The first-order valence-electron chi connectivity index (χ1n) is 18.9. The Labute approximate surface area is 301 Å². The Morgan fingerprint density at radius 1 is 0.700 bits per heavy atom. The molecule has 0 saturated heterocycles. The van der Waals surface area contributed by atoms with E-state index >= 15 is 0 Å². The fraction of sp³-hybridized carbons (Fsp3) is 0.595. The zero-order chi connectivity index (χ0) is 36.2. The van der Waals surface area contributed by atoms with Crippen LogP contribution in [-0.2, 0) is 23.8 Å². The van der Waals surface area contributed by atoms with Crippen molar-refractivity contribution in [1.82, 2.24) is 0 Å². The van der Waals surface area contributed by atoms with Crippen molar-refractivity contribution in [2.75, 3.05) is 26.9 Å². The molecule has 1 aliphatic rings. The van der Waals surface area contributed by atoms with Gasteiger partial charge in [0, 0.05) is 12.7 Å². The van der Waals surface area contributed by atoms with E-state index in [9.17, 15) is 14.4 Å². The second kappa shape index (κ2) is 27.1. The summed E-state index contributed by atoms with van der Waals surface area (Å²) >= 11 is 0. The lowest BCUT2D eigenvalue weighted by Crippen LogP contribution is -2.29. The molecule has 8 heteroatoms. The summed E-state index contributed by atoms with van der Waals surface area (Å²) in [7, 11) is 1.37. The molecule has 1 saturated carbocycles. The summed E-state index contributed by atoms with van der Waals surface area (Å²) in [5.41, 5.74) is 1.70. The molecule has 0 aliphatic heterocycles. The molecule has 0 heterocycles. The normalized spacial score (nSPS) is 15.3. The van der Waals surface area contributed by atoms with Crippen molar-refractivity contribution < 1.29 is 38.1 Å². The van der Waals surface area contributed by atoms with Crippen LogP contribution >= 0.6 is 0 Å². The summed E-state index contributed by atoms with van der Waals surface area (Å²) in [5, 5.41) is 0. The van der Waals surface area contributed by atoms with Crippen molar-refractivity contribution in [2.24, 2.45) is 5.92 Å². The van der Waals surface area contributed by atoms with Gasteiger partial charge in [-0.25, -0.2) is 9.59 Å².